The van der Waals surface area contributed by atoms with Gasteiger partial charge >= 0.3 is 0 Å². The van der Waals surface area contributed by atoms with Gasteiger partial charge in [-0.25, -0.2) is 8.42 Å². The third kappa shape index (κ3) is 4.29. The molecule has 0 N–H and O–H groups in total. The number of ether oxygens (including phenoxy) is 2. The molecule has 3 aromatic carbocycles. The smallest absolute Gasteiger partial charge is 0.279 e. The van der Waals surface area contributed by atoms with Crippen LogP contribution in [-0.2, 0) is 17.1 Å². The fourth-order valence-corrected chi connectivity index (χ4v) is 5.64. The zero-order chi connectivity index (χ0) is 24.5. The molecular formula is C24H23N3O5S2. The first-order valence-corrected chi connectivity index (χ1v) is 12.5. The number of fused-ring (bicyclic) bond motifs is 1. The Balaban J connectivity index is 1.64. The summed E-state index contributed by atoms with van der Waals surface area (Å²) in [4.78, 5) is 17.7. The molecule has 0 fully saturated rings. The number of sulfonamides is 1. The molecule has 0 saturated heterocycles. The summed E-state index contributed by atoms with van der Waals surface area (Å²) in [5.41, 5.74) is 1.68. The average molecular weight is 498 g/mol. The Labute approximate surface area is 201 Å². The highest BCUT2D eigenvalue weighted by Crippen LogP contribution is 2.33. The van der Waals surface area contributed by atoms with Gasteiger partial charge < -0.3 is 14.0 Å². The Kier molecular flexibility index (Phi) is 6.45. The highest BCUT2D eigenvalue weighted by atomic mass is 32.2. The number of nitrogens with zero attached hydrogens (tertiary/aromatic N) is 3. The van der Waals surface area contributed by atoms with Crippen LogP contribution in [0, 0.1) is 0 Å². The van der Waals surface area contributed by atoms with Crippen LogP contribution in [-0.4, -0.2) is 40.2 Å². The van der Waals surface area contributed by atoms with Crippen molar-refractivity contribution in [2.75, 3.05) is 25.6 Å². The standard InChI is InChI=1S/C24H23N3O5S2/c1-26-19-14-20(31-3)21(32-4)15-22(19)33-24(26)25-23(28)16-10-12-18(13-11-16)34(29,30)27(2)17-8-6-5-7-9-17/h5-15H,1-4H3. The summed E-state index contributed by atoms with van der Waals surface area (Å²) >= 11 is 1.34. The van der Waals surface area contributed by atoms with Gasteiger partial charge in [0.25, 0.3) is 15.9 Å². The lowest BCUT2D eigenvalue weighted by atomic mass is 10.2. The number of carbonyl (C=O) groups excluding carboxylic acids is 1. The number of hydrogen-bond donors (Lipinski definition) is 0. The van der Waals surface area contributed by atoms with Gasteiger partial charge in [0.15, 0.2) is 16.3 Å². The van der Waals surface area contributed by atoms with Crippen LogP contribution < -0.4 is 18.6 Å². The molecule has 1 aromatic heterocycles. The van der Waals surface area contributed by atoms with Crippen molar-refractivity contribution in [3.05, 3.63) is 77.1 Å². The molecule has 0 atom stereocenters. The summed E-state index contributed by atoms with van der Waals surface area (Å²) in [5, 5.41) is 0. The van der Waals surface area contributed by atoms with Gasteiger partial charge in [-0.15, -0.1) is 0 Å². The summed E-state index contributed by atoms with van der Waals surface area (Å²) < 4.78 is 40.5. The van der Waals surface area contributed by atoms with Crippen LogP contribution in [0.25, 0.3) is 10.2 Å². The van der Waals surface area contributed by atoms with Crippen LogP contribution >= 0.6 is 11.3 Å². The maximum absolute atomic E-state index is 12.9. The van der Waals surface area contributed by atoms with Gasteiger partial charge in [-0.2, -0.15) is 4.99 Å². The van der Waals surface area contributed by atoms with Crippen molar-refractivity contribution < 1.29 is 22.7 Å². The SMILES string of the molecule is COc1cc2sc(=NC(=O)c3ccc(S(=O)(=O)N(C)c4ccccc4)cc3)n(C)c2cc1OC. The van der Waals surface area contributed by atoms with Gasteiger partial charge in [-0.05, 0) is 36.4 Å². The quantitative estimate of drug-likeness (QED) is 0.404. The van der Waals surface area contributed by atoms with Crippen molar-refractivity contribution in [2.45, 2.75) is 4.90 Å². The summed E-state index contributed by atoms with van der Waals surface area (Å²) in [7, 11) is 2.66. The van der Waals surface area contributed by atoms with E-state index in [4.69, 9.17) is 9.47 Å². The Morgan fingerprint density at radius 2 is 1.59 bits per heavy atom. The van der Waals surface area contributed by atoms with E-state index in [1.165, 1.54) is 47.0 Å². The molecule has 0 saturated carbocycles. The zero-order valence-electron chi connectivity index (χ0n) is 19.1. The molecule has 0 aliphatic carbocycles. The zero-order valence-corrected chi connectivity index (χ0v) is 20.7. The van der Waals surface area contributed by atoms with Crippen LogP contribution in [0.4, 0.5) is 5.69 Å². The Morgan fingerprint density at radius 3 is 2.21 bits per heavy atom. The summed E-state index contributed by atoms with van der Waals surface area (Å²) in [6, 6.07) is 18.2. The molecule has 4 aromatic rings. The summed E-state index contributed by atoms with van der Waals surface area (Å²) in [6.45, 7) is 0. The second-order valence-corrected chi connectivity index (χ2v) is 10.3. The first kappa shape index (κ1) is 23.5. The third-order valence-electron chi connectivity index (χ3n) is 5.39. The van der Waals surface area contributed by atoms with E-state index in [1.807, 2.05) is 25.2 Å². The molecule has 4 rings (SSSR count). The minimum atomic E-state index is -3.77. The molecule has 34 heavy (non-hydrogen) atoms. The van der Waals surface area contributed by atoms with Gasteiger partial charge in [0.2, 0.25) is 0 Å². The monoisotopic (exact) mass is 497 g/mol. The second kappa shape index (κ2) is 9.32. The van der Waals surface area contributed by atoms with Crippen LogP contribution in [0.2, 0.25) is 0 Å². The highest BCUT2D eigenvalue weighted by Gasteiger charge is 2.21. The molecular weight excluding hydrogens is 474 g/mol. The number of benzene rings is 3. The summed E-state index contributed by atoms with van der Waals surface area (Å²) in [6.07, 6.45) is 0. The molecule has 10 heteroatoms. The topological polar surface area (TPSA) is 90.2 Å². The van der Waals surface area contributed by atoms with E-state index in [-0.39, 0.29) is 10.5 Å². The lowest BCUT2D eigenvalue weighted by Crippen LogP contribution is -2.26. The maximum Gasteiger partial charge on any atom is 0.279 e. The van der Waals surface area contributed by atoms with Crippen LogP contribution in [0.5, 0.6) is 11.5 Å². The molecule has 1 amide bonds. The number of para-hydroxylation sites is 1. The number of aryl methyl sites for hydroxylation is 1. The number of aromatic nitrogens is 1. The van der Waals surface area contributed by atoms with E-state index in [0.29, 0.717) is 22.0 Å². The average Bonchev–Trinajstić information content (AvgIpc) is 3.17. The first-order chi connectivity index (χ1) is 16.3. The number of anilines is 1. The molecule has 0 radical (unpaired) electrons. The van der Waals surface area contributed by atoms with Crippen LogP contribution in [0.1, 0.15) is 10.4 Å². The number of rotatable bonds is 6. The van der Waals surface area contributed by atoms with Crippen molar-refractivity contribution in [3.8, 4) is 11.5 Å². The molecule has 0 unspecified atom stereocenters. The fourth-order valence-electron chi connectivity index (χ4n) is 3.42. The third-order valence-corrected chi connectivity index (χ3v) is 8.29. The lowest BCUT2D eigenvalue weighted by Gasteiger charge is -2.19. The second-order valence-electron chi connectivity index (χ2n) is 7.37. The number of carbonyl (C=O) groups is 1. The fraction of sp³-hybridized carbons (Fsp3) is 0.167. The lowest BCUT2D eigenvalue weighted by molar-refractivity contribution is 0.0998. The van der Waals surface area contributed by atoms with Crippen molar-refractivity contribution >= 4 is 43.2 Å². The Bertz CT molecular complexity index is 1520. The molecule has 8 nitrogen and oxygen atoms in total. The predicted octanol–water partition coefficient (Wildman–Crippen LogP) is 3.82. The minimum Gasteiger partial charge on any atom is -0.493 e. The van der Waals surface area contributed by atoms with E-state index in [1.54, 1.807) is 43.1 Å². The molecule has 0 spiro atoms. The van der Waals surface area contributed by atoms with E-state index in [2.05, 4.69) is 4.99 Å². The normalized spacial score (nSPS) is 12.1. The van der Waals surface area contributed by atoms with Gasteiger partial charge in [0, 0.05) is 31.8 Å². The molecule has 0 bridgehead atoms. The maximum atomic E-state index is 12.9. The van der Waals surface area contributed by atoms with Crippen LogP contribution in [0.15, 0.2) is 76.6 Å². The van der Waals surface area contributed by atoms with E-state index >= 15 is 0 Å². The van der Waals surface area contributed by atoms with Crippen molar-refractivity contribution in [1.82, 2.24) is 4.57 Å². The molecule has 0 aliphatic heterocycles. The predicted molar refractivity (Wildman–Crippen MR) is 132 cm³/mol. The minimum absolute atomic E-state index is 0.0852. The number of hydrogen-bond acceptors (Lipinski definition) is 6. The number of thiazole rings is 1. The van der Waals surface area contributed by atoms with E-state index in [0.717, 1.165) is 10.2 Å². The first-order valence-electron chi connectivity index (χ1n) is 10.2. The van der Waals surface area contributed by atoms with E-state index < -0.39 is 15.9 Å². The van der Waals surface area contributed by atoms with Crippen molar-refractivity contribution in [3.63, 3.8) is 0 Å². The Morgan fingerprint density at radius 1 is 0.971 bits per heavy atom. The van der Waals surface area contributed by atoms with Gasteiger partial charge in [-0.1, -0.05) is 29.5 Å². The largest absolute Gasteiger partial charge is 0.493 e. The van der Waals surface area contributed by atoms with Crippen LogP contribution in [0.3, 0.4) is 0 Å². The van der Waals surface area contributed by atoms with Crippen molar-refractivity contribution in [1.29, 1.82) is 0 Å². The summed E-state index contributed by atoms with van der Waals surface area (Å²) in [5.74, 6) is 0.701. The van der Waals surface area contributed by atoms with Gasteiger partial charge in [0.05, 0.1) is 35.0 Å². The van der Waals surface area contributed by atoms with E-state index in [9.17, 15) is 13.2 Å². The highest BCUT2D eigenvalue weighted by molar-refractivity contribution is 7.92. The molecule has 176 valence electrons. The van der Waals surface area contributed by atoms with Crippen molar-refractivity contribution in [2.24, 2.45) is 12.0 Å². The number of amides is 1. The Hall–Kier alpha value is -3.63. The molecule has 1 heterocycles. The molecule has 0 aliphatic rings. The van der Waals surface area contributed by atoms with Gasteiger partial charge in [-0.3, -0.25) is 9.10 Å². The number of methoxy groups -OCH3 is 2. The van der Waals surface area contributed by atoms with Gasteiger partial charge in [0.1, 0.15) is 0 Å².